The third-order valence-corrected chi connectivity index (χ3v) is 3.62. The van der Waals surface area contributed by atoms with Crippen molar-refractivity contribution in [1.82, 2.24) is 5.32 Å². The van der Waals surface area contributed by atoms with Gasteiger partial charge in [0.2, 0.25) is 5.91 Å². The van der Waals surface area contributed by atoms with Gasteiger partial charge in [0.15, 0.2) is 0 Å². The Morgan fingerprint density at radius 2 is 1.59 bits per heavy atom. The van der Waals surface area contributed by atoms with Crippen molar-refractivity contribution in [2.45, 2.75) is 33.1 Å². The topological polar surface area (TPSA) is 29.1 Å². The van der Waals surface area contributed by atoms with Crippen LogP contribution in [-0.4, -0.2) is 12.5 Å². The smallest absolute Gasteiger partial charge is 0.220 e. The molecule has 2 aromatic carbocycles. The third kappa shape index (κ3) is 5.36. The summed E-state index contributed by atoms with van der Waals surface area (Å²) >= 11 is 0. The minimum absolute atomic E-state index is 0.162. The molecule has 1 amide bonds. The van der Waals surface area contributed by atoms with Gasteiger partial charge >= 0.3 is 0 Å². The van der Waals surface area contributed by atoms with E-state index in [2.05, 4.69) is 67.7 Å². The number of carbonyl (C=O) groups is 1. The summed E-state index contributed by atoms with van der Waals surface area (Å²) in [5.41, 5.74) is 3.81. The van der Waals surface area contributed by atoms with Crippen molar-refractivity contribution >= 4 is 5.91 Å². The molecule has 2 aromatic rings. The van der Waals surface area contributed by atoms with E-state index >= 15 is 0 Å². The summed E-state index contributed by atoms with van der Waals surface area (Å²) in [6.45, 7) is 4.88. The van der Waals surface area contributed by atoms with Gasteiger partial charge in [-0.1, -0.05) is 68.4 Å². The quantitative estimate of drug-likeness (QED) is 0.751. The predicted octanol–water partition coefficient (Wildman–Crippen LogP) is 4.45. The molecule has 0 aliphatic rings. The van der Waals surface area contributed by atoms with Crippen LogP contribution in [0, 0.1) is 5.92 Å². The number of amides is 1. The molecule has 0 aliphatic carbocycles. The second-order valence-electron chi connectivity index (χ2n) is 6.11. The van der Waals surface area contributed by atoms with E-state index in [9.17, 15) is 4.79 Å². The minimum Gasteiger partial charge on any atom is -0.356 e. The molecular weight excluding hydrogens is 270 g/mol. The van der Waals surface area contributed by atoms with Gasteiger partial charge in [-0.05, 0) is 35.4 Å². The normalized spacial score (nSPS) is 10.7. The maximum absolute atomic E-state index is 11.6. The highest BCUT2D eigenvalue weighted by Crippen LogP contribution is 2.19. The lowest BCUT2D eigenvalue weighted by Gasteiger charge is -2.08. The van der Waals surface area contributed by atoms with Crippen molar-refractivity contribution in [2.75, 3.05) is 6.54 Å². The minimum atomic E-state index is 0.162. The second kappa shape index (κ2) is 8.38. The molecule has 0 unspecified atom stereocenters. The van der Waals surface area contributed by atoms with Crippen LogP contribution in [-0.2, 0) is 11.2 Å². The fraction of sp³-hybridized carbons (Fsp3) is 0.350. The first-order valence-electron chi connectivity index (χ1n) is 8.06. The number of carbonyl (C=O) groups excluding carboxylic acids is 1. The summed E-state index contributed by atoms with van der Waals surface area (Å²) in [6.07, 6.45) is 2.59. The molecule has 0 spiro atoms. The van der Waals surface area contributed by atoms with Gasteiger partial charge < -0.3 is 5.32 Å². The molecule has 0 saturated heterocycles. The van der Waals surface area contributed by atoms with E-state index in [-0.39, 0.29) is 5.91 Å². The van der Waals surface area contributed by atoms with Crippen LogP contribution in [0.2, 0.25) is 0 Å². The highest BCUT2D eigenvalue weighted by atomic mass is 16.1. The van der Waals surface area contributed by atoms with Gasteiger partial charge in [-0.3, -0.25) is 4.79 Å². The van der Waals surface area contributed by atoms with Gasteiger partial charge in [-0.15, -0.1) is 0 Å². The Kier molecular flexibility index (Phi) is 6.20. The van der Waals surface area contributed by atoms with Crippen molar-refractivity contribution in [2.24, 2.45) is 5.92 Å². The number of hydrogen-bond donors (Lipinski definition) is 1. The molecule has 0 bridgehead atoms. The van der Waals surface area contributed by atoms with Gasteiger partial charge in [-0.25, -0.2) is 0 Å². The molecule has 0 radical (unpaired) electrons. The van der Waals surface area contributed by atoms with Crippen molar-refractivity contribution in [3.63, 3.8) is 0 Å². The molecule has 0 aromatic heterocycles. The Hall–Kier alpha value is -2.09. The van der Waals surface area contributed by atoms with E-state index < -0.39 is 0 Å². The SMILES string of the molecule is CC(C)CC(=O)NCCCc1ccc(-c2ccccc2)cc1. The summed E-state index contributed by atoms with van der Waals surface area (Å²) in [7, 11) is 0. The van der Waals surface area contributed by atoms with Crippen molar-refractivity contribution in [1.29, 1.82) is 0 Å². The first kappa shape index (κ1) is 16.3. The van der Waals surface area contributed by atoms with Crippen LogP contribution in [0.5, 0.6) is 0 Å². The lowest BCUT2D eigenvalue weighted by Crippen LogP contribution is -2.25. The van der Waals surface area contributed by atoms with E-state index in [4.69, 9.17) is 0 Å². The number of nitrogens with one attached hydrogen (secondary N) is 1. The lowest BCUT2D eigenvalue weighted by atomic mass is 10.0. The summed E-state index contributed by atoms with van der Waals surface area (Å²) < 4.78 is 0. The highest BCUT2D eigenvalue weighted by molar-refractivity contribution is 5.76. The summed E-state index contributed by atoms with van der Waals surface area (Å²) in [6, 6.07) is 19.1. The Bertz CT molecular complexity index is 572. The zero-order chi connectivity index (χ0) is 15.8. The van der Waals surface area contributed by atoms with Crippen LogP contribution in [0.25, 0.3) is 11.1 Å². The number of benzene rings is 2. The van der Waals surface area contributed by atoms with Crippen LogP contribution in [0.4, 0.5) is 0 Å². The monoisotopic (exact) mass is 295 g/mol. The molecule has 2 rings (SSSR count). The van der Waals surface area contributed by atoms with Crippen LogP contribution >= 0.6 is 0 Å². The Labute approximate surface area is 133 Å². The Morgan fingerprint density at radius 1 is 0.955 bits per heavy atom. The van der Waals surface area contributed by atoms with Crippen LogP contribution in [0.3, 0.4) is 0 Å². The van der Waals surface area contributed by atoms with E-state index in [0.29, 0.717) is 12.3 Å². The molecule has 2 nitrogen and oxygen atoms in total. The van der Waals surface area contributed by atoms with E-state index in [1.807, 2.05) is 6.07 Å². The maximum Gasteiger partial charge on any atom is 0.220 e. The largest absolute Gasteiger partial charge is 0.356 e. The summed E-state index contributed by atoms with van der Waals surface area (Å²) in [5, 5.41) is 2.98. The average molecular weight is 295 g/mol. The van der Waals surface area contributed by atoms with E-state index in [1.165, 1.54) is 16.7 Å². The molecule has 22 heavy (non-hydrogen) atoms. The van der Waals surface area contributed by atoms with Crippen molar-refractivity contribution < 1.29 is 4.79 Å². The van der Waals surface area contributed by atoms with Gasteiger partial charge in [-0.2, -0.15) is 0 Å². The molecule has 2 heteroatoms. The van der Waals surface area contributed by atoms with E-state index in [1.54, 1.807) is 0 Å². The zero-order valence-electron chi connectivity index (χ0n) is 13.5. The molecule has 1 N–H and O–H groups in total. The molecular formula is C20H25NO. The molecule has 116 valence electrons. The molecule has 0 fully saturated rings. The molecule has 0 heterocycles. The maximum atomic E-state index is 11.6. The van der Waals surface area contributed by atoms with Crippen molar-refractivity contribution in [3.05, 3.63) is 60.2 Å². The van der Waals surface area contributed by atoms with Gasteiger partial charge in [0, 0.05) is 13.0 Å². The van der Waals surface area contributed by atoms with Crippen molar-refractivity contribution in [3.8, 4) is 11.1 Å². The molecule has 0 aliphatic heterocycles. The zero-order valence-corrected chi connectivity index (χ0v) is 13.5. The van der Waals surface area contributed by atoms with Gasteiger partial charge in [0.1, 0.15) is 0 Å². The first-order valence-corrected chi connectivity index (χ1v) is 8.06. The number of aryl methyl sites for hydroxylation is 1. The Balaban J connectivity index is 1.76. The predicted molar refractivity (Wildman–Crippen MR) is 92.7 cm³/mol. The fourth-order valence-electron chi connectivity index (χ4n) is 2.46. The van der Waals surface area contributed by atoms with Crippen LogP contribution in [0.15, 0.2) is 54.6 Å². The third-order valence-electron chi connectivity index (χ3n) is 3.62. The molecule has 0 saturated carbocycles. The number of hydrogen-bond acceptors (Lipinski definition) is 1. The summed E-state index contributed by atoms with van der Waals surface area (Å²) in [4.78, 5) is 11.6. The fourth-order valence-corrected chi connectivity index (χ4v) is 2.46. The van der Waals surface area contributed by atoms with Gasteiger partial charge in [0.05, 0.1) is 0 Å². The average Bonchev–Trinajstić information content (AvgIpc) is 2.52. The Morgan fingerprint density at radius 3 is 2.23 bits per heavy atom. The second-order valence-corrected chi connectivity index (χ2v) is 6.11. The summed E-state index contributed by atoms with van der Waals surface area (Å²) in [5.74, 6) is 0.583. The first-order chi connectivity index (χ1) is 10.6. The van der Waals surface area contributed by atoms with E-state index in [0.717, 1.165) is 19.4 Å². The van der Waals surface area contributed by atoms with Crippen LogP contribution < -0.4 is 5.32 Å². The van der Waals surface area contributed by atoms with Crippen LogP contribution in [0.1, 0.15) is 32.3 Å². The highest BCUT2D eigenvalue weighted by Gasteiger charge is 2.03. The van der Waals surface area contributed by atoms with Gasteiger partial charge in [0.25, 0.3) is 0 Å². The lowest BCUT2D eigenvalue weighted by molar-refractivity contribution is -0.121. The number of rotatable bonds is 7. The molecule has 0 atom stereocenters. The standard InChI is InChI=1S/C20H25NO/c1-16(2)15-20(22)21-14-6-7-17-10-12-19(13-11-17)18-8-4-3-5-9-18/h3-5,8-13,16H,6-7,14-15H2,1-2H3,(H,21,22).